The summed E-state index contributed by atoms with van der Waals surface area (Å²) in [6.07, 6.45) is -6.98. The first kappa shape index (κ1) is 17.4. The van der Waals surface area contributed by atoms with Crippen molar-refractivity contribution in [2.24, 2.45) is 5.10 Å². The molecule has 5 nitrogen and oxygen atoms in total. The minimum atomic E-state index is -5.09. The molecule has 1 amide bonds. The van der Waals surface area contributed by atoms with Crippen molar-refractivity contribution in [2.45, 2.75) is 44.2 Å². The van der Waals surface area contributed by atoms with Gasteiger partial charge in [0.25, 0.3) is 11.6 Å². The van der Waals surface area contributed by atoms with Crippen molar-refractivity contribution in [1.29, 1.82) is 0 Å². The highest BCUT2D eigenvalue weighted by Crippen LogP contribution is 2.42. The van der Waals surface area contributed by atoms with Crippen LogP contribution >= 0.6 is 0 Å². The first-order chi connectivity index (χ1) is 10.7. The number of amides is 1. The van der Waals surface area contributed by atoms with Crippen LogP contribution in [0.1, 0.15) is 37.9 Å². The van der Waals surface area contributed by atoms with Crippen molar-refractivity contribution in [3.63, 3.8) is 0 Å². The zero-order chi connectivity index (χ0) is 17.3. The zero-order valence-corrected chi connectivity index (χ0v) is 12.4. The molecule has 23 heavy (non-hydrogen) atoms. The summed E-state index contributed by atoms with van der Waals surface area (Å²) >= 11 is 0. The van der Waals surface area contributed by atoms with E-state index in [4.69, 9.17) is 0 Å². The molecule has 1 aliphatic heterocycles. The summed E-state index contributed by atoms with van der Waals surface area (Å²) in [5.74, 6) is -1.32. The lowest BCUT2D eigenvalue weighted by Gasteiger charge is -2.33. The van der Waals surface area contributed by atoms with Gasteiger partial charge < -0.3 is 10.2 Å². The van der Waals surface area contributed by atoms with Crippen molar-refractivity contribution in [3.8, 4) is 0 Å². The van der Waals surface area contributed by atoms with Crippen molar-refractivity contribution in [3.05, 3.63) is 35.9 Å². The molecule has 0 saturated carbocycles. The average molecular weight is 330 g/mol. The molecule has 1 aliphatic rings. The molecule has 2 N–H and O–H groups in total. The second-order valence-corrected chi connectivity index (χ2v) is 5.37. The summed E-state index contributed by atoms with van der Waals surface area (Å²) in [5.41, 5.74) is -3.23. The topological polar surface area (TPSA) is 73.1 Å². The predicted octanol–water partition coefficient (Wildman–Crippen LogP) is 2.36. The molecule has 0 saturated heterocycles. The molecule has 8 heteroatoms. The molecule has 1 heterocycles. The van der Waals surface area contributed by atoms with Gasteiger partial charge in [-0.25, -0.2) is 0 Å². The number of aliphatic hydroxyl groups is 2. The van der Waals surface area contributed by atoms with E-state index in [0.717, 1.165) is 0 Å². The van der Waals surface area contributed by atoms with Crippen molar-refractivity contribution in [2.75, 3.05) is 0 Å². The molecule has 0 spiro atoms. The molecule has 0 aliphatic carbocycles. The number of hydrogen-bond acceptors (Lipinski definition) is 4. The molecular weight excluding hydrogens is 313 g/mol. The molecule has 126 valence electrons. The van der Waals surface area contributed by atoms with Crippen molar-refractivity contribution < 1.29 is 28.2 Å². The normalized spacial score (nSPS) is 22.9. The largest absolute Gasteiger partial charge is 0.438 e. The van der Waals surface area contributed by atoms with Crippen molar-refractivity contribution >= 4 is 11.6 Å². The molecule has 2 rings (SSSR count). The van der Waals surface area contributed by atoms with Gasteiger partial charge in [-0.3, -0.25) is 4.79 Å². The smallest absolute Gasteiger partial charge is 0.378 e. The summed E-state index contributed by atoms with van der Waals surface area (Å²) < 4.78 is 39.7. The Kier molecular flexibility index (Phi) is 4.76. The Morgan fingerprint density at radius 2 is 2.00 bits per heavy atom. The monoisotopic (exact) mass is 330 g/mol. The van der Waals surface area contributed by atoms with Crippen LogP contribution < -0.4 is 0 Å². The van der Waals surface area contributed by atoms with Gasteiger partial charge in [-0.05, 0) is 12.0 Å². The Morgan fingerprint density at radius 1 is 1.39 bits per heavy atom. The van der Waals surface area contributed by atoms with Crippen LogP contribution in [0.15, 0.2) is 35.4 Å². The van der Waals surface area contributed by atoms with Gasteiger partial charge in [-0.15, -0.1) is 0 Å². The van der Waals surface area contributed by atoms with E-state index in [9.17, 15) is 28.2 Å². The van der Waals surface area contributed by atoms with E-state index in [-0.39, 0.29) is 22.7 Å². The molecule has 0 fully saturated rings. The Hall–Kier alpha value is -1.93. The summed E-state index contributed by atoms with van der Waals surface area (Å²) in [5, 5.41) is 23.6. The summed E-state index contributed by atoms with van der Waals surface area (Å²) in [7, 11) is 0. The zero-order valence-electron chi connectivity index (χ0n) is 12.4. The van der Waals surface area contributed by atoms with E-state index >= 15 is 0 Å². The molecule has 1 aromatic rings. The molecule has 0 radical (unpaired) electrons. The van der Waals surface area contributed by atoms with Crippen LogP contribution in [0.2, 0.25) is 0 Å². The van der Waals surface area contributed by atoms with Crippen LogP contribution in [0.4, 0.5) is 13.2 Å². The molecule has 0 unspecified atom stereocenters. The molecule has 0 aromatic heterocycles. The maximum Gasteiger partial charge on any atom is 0.438 e. The fourth-order valence-electron chi connectivity index (χ4n) is 2.39. The van der Waals surface area contributed by atoms with E-state index in [1.807, 2.05) is 0 Å². The lowest BCUT2D eigenvalue weighted by molar-refractivity contribution is -0.303. The van der Waals surface area contributed by atoms with Crippen LogP contribution in [-0.2, 0) is 4.79 Å². The Bertz CT molecular complexity index is 604. The number of halogens is 3. The maximum atomic E-state index is 13.2. The molecule has 1 aromatic carbocycles. The van der Waals surface area contributed by atoms with Crippen molar-refractivity contribution in [1.82, 2.24) is 5.01 Å². The average Bonchev–Trinajstić information content (AvgIpc) is 2.85. The standard InChI is InChI=1S/C15H17F3N2O3/c1-2-6-11-9-14(23,15(16,17)18)20(19-11)13(22)12(21)10-7-4-3-5-8-10/h3-5,7-8,12,21,23H,2,6,9H2,1H3/t12-,14+/m0/s1. The Labute approximate surface area is 131 Å². The van der Waals surface area contributed by atoms with E-state index in [1.165, 1.54) is 24.3 Å². The number of hydrogen-bond donors (Lipinski definition) is 2. The van der Waals surface area contributed by atoms with Crippen LogP contribution in [0.5, 0.6) is 0 Å². The van der Waals surface area contributed by atoms with Crippen LogP contribution in [0.3, 0.4) is 0 Å². The first-order valence-corrected chi connectivity index (χ1v) is 7.13. The highest BCUT2D eigenvalue weighted by molar-refractivity contribution is 5.92. The number of alkyl halides is 3. The number of benzene rings is 1. The Morgan fingerprint density at radius 3 is 2.52 bits per heavy atom. The fraction of sp³-hybridized carbons (Fsp3) is 0.467. The minimum Gasteiger partial charge on any atom is -0.378 e. The van der Waals surface area contributed by atoms with Gasteiger partial charge in [-0.2, -0.15) is 23.3 Å². The SMILES string of the molecule is CCCC1=NN(C(=O)[C@@H](O)c2ccccc2)[C@](O)(C(F)(F)F)C1. The van der Waals surface area contributed by atoms with Gasteiger partial charge in [0.05, 0.1) is 0 Å². The number of hydrazone groups is 1. The van der Waals surface area contributed by atoms with Gasteiger partial charge in [0.1, 0.15) is 0 Å². The number of nitrogens with zero attached hydrogens (tertiary/aromatic N) is 2. The van der Waals surface area contributed by atoms with Crippen LogP contribution in [0, 0.1) is 0 Å². The summed E-state index contributed by atoms with van der Waals surface area (Å²) in [6.45, 7) is 1.75. The Balaban J connectivity index is 2.34. The second kappa shape index (κ2) is 6.29. The highest BCUT2D eigenvalue weighted by atomic mass is 19.4. The number of rotatable bonds is 4. The van der Waals surface area contributed by atoms with Gasteiger partial charge >= 0.3 is 6.18 Å². The van der Waals surface area contributed by atoms with Gasteiger partial charge in [0, 0.05) is 12.1 Å². The van der Waals surface area contributed by atoms with E-state index in [2.05, 4.69) is 5.10 Å². The van der Waals surface area contributed by atoms with Crippen LogP contribution in [-0.4, -0.2) is 38.7 Å². The number of aliphatic hydroxyl groups excluding tert-OH is 1. The lowest BCUT2D eigenvalue weighted by Crippen LogP contribution is -2.57. The maximum absolute atomic E-state index is 13.2. The summed E-state index contributed by atoms with van der Waals surface area (Å²) in [4.78, 5) is 12.3. The number of carbonyl (C=O) groups excluding carboxylic acids is 1. The molecule has 2 atom stereocenters. The second-order valence-electron chi connectivity index (χ2n) is 5.37. The molecular formula is C15H17F3N2O3. The minimum absolute atomic E-state index is 0.0321. The van der Waals surface area contributed by atoms with E-state index < -0.39 is 30.3 Å². The lowest BCUT2D eigenvalue weighted by atomic mass is 10.0. The fourth-order valence-corrected chi connectivity index (χ4v) is 2.39. The first-order valence-electron chi connectivity index (χ1n) is 7.13. The van der Waals surface area contributed by atoms with E-state index in [1.54, 1.807) is 13.0 Å². The predicted molar refractivity (Wildman–Crippen MR) is 76.2 cm³/mol. The van der Waals surface area contributed by atoms with Gasteiger partial charge in [-0.1, -0.05) is 43.7 Å². The van der Waals surface area contributed by atoms with Gasteiger partial charge in [0.15, 0.2) is 6.10 Å². The number of carbonyl (C=O) groups is 1. The third-order valence-corrected chi connectivity index (χ3v) is 3.59. The highest BCUT2D eigenvalue weighted by Gasteiger charge is 2.63. The third kappa shape index (κ3) is 3.23. The quantitative estimate of drug-likeness (QED) is 0.890. The van der Waals surface area contributed by atoms with Crippen LogP contribution in [0.25, 0.3) is 0 Å². The summed E-state index contributed by atoms with van der Waals surface area (Å²) in [6, 6.07) is 7.53. The third-order valence-electron chi connectivity index (χ3n) is 3.59. The van der Waals surface area contributed by atoms with E-state index in [0.29, 0.717) is 6.42 Å². The van der Waals surface area contributed by atoms with Gasteiger partial charge in [0.2, 0.25) is 0 Å². The molecule has 0 bridgehead atoms.